The average molecular weight is 470 g/mol. The molecule has 3 aromatic rings. The maximum absolute atomic E-state index is 14.9. The van der Waals surface area contributed by atoms with Gasteiger partial charge < -0.3 is 25.1 Å². The number of primary amides is 1. The van der Waals surface area contributed by atoms with Gasteiger partial charge in [-0.15, -0.1) is 0 Å². The third-order valence-corrected chi connectivity index (χ3v) is 6.01. The Morgan fingerprint density at radius 1 is 1.32 bits per heavy atom. The summed E-state index contributed by atoms with van der Waals surface area (Å²) in [6.45, 7) is 4.34. The van der Waals surface area contributed by atoms with Gasteiger partial charge in [0.2, 0.25) is 11.6 Å². The number of hydrogen-bond acceptors (Lipinski definition) is 6. The number of pyridine rings is 1. The summed E-state index contributed by atoms with van der Waals surface area (Å²) in [5, 5.41) is 2.74. The van der Waals surface area contributed by atoms with Crippen LogP contribution in [0.4, 0.5) is 9.18 Å². The number of hydrogen-bond donors (Lipinski definition) is 2. The molecular formula is C23H28FN7O3. The summed E-state index contributed by atoms with van der Waals surface area (Å²) in [4.78, 5) is 39.5. The summed E-state index contributed by atoms with van der Waals surface area (Å²) in [6.07, 6.45) is 8.72. The van der Waals surface area contributed by atoms with E-state index in [9.17, 15) is 14.0 Å². The normalized spacial score (nSPS) is 19.9. The first kappa shape index (κ1) is 23.4. The molecule has 1 aliphatic rings. The molecule has 0 saturated heterocycles. The lowest BCUT2D eigenvalue weighted by Crippen LogP contribution is -2.50. The Labute approximate surface area is 196 Å². The average Bonchev–Trinajstić information content (AvgIpc) is 3.29. The number of rotatable bonds is 2. The smallest absolute Gasteiger partial charge is 0.318 e. The molecule has 0 aromatic carbocycles. The van der Waals surface area contributed by atoms with E-state index in [-0.39, 0.29) is 5.56 Å². The fraction of sp³-hybridized carbons (Fsp3) is 0.435. The molecule has 4 bridgehead atoms. The molecule has 1 aliphatic heterocycles. The molecule has 2 atom stereocenters. The molecule has 3 amide bonds. The van der Waals surface area contributed by atoms with Crippen LogP contribution in [-0.4, -0.2) is 55.4 Å². The van der Waals surface area contributed by atoms with E-state index in [0.29, 0.717) is 55.3 Å². The Kier molecular flexibility index (Phi) is 6.90. The van der Waals surface area contributed by atoms with Crippen LogP contribution in [0, 0.1) is 5.82 Å². The van der Waals surface area contributed by atoms with E-state index in [1.54, 1.807) is 36.0 Å². The van der Waals surface area contributed by atoms with E-state index in [4.69, 9.17) is 10.5 Å². The molecule has 0 saturated carbocycles. The van der Waals surface area contributed by atoms with Crippen LogP contribution in [0.2, 0.25) is 0 Å². The van der Waals surface area contributed by atoms with Gasteiger partial charge in [0.15, 0.2) is 5.82 Å². The molecule has 0 fully saturated rings. The topological polar surface area (TPSA) is 128 Å². The summed E-state index contributed by atoms with van der Waals surface area (Å²) in [5.41, 5.74) is 7.13. The third kappa shape index (κ3) is 4.78. The predicted molar refractivity (Wildman–Crippen MR) is 122 cm³/mol. The summed E-state index contributed by atoms with van der Waals surface area (Å²) >= 11 is 0. The van der Waals surface area contributed by atoms with Crippen molar-refractivity contribution in [2.24, 2.45) is 5.73 Å². The number of carbonyl (C=O) groups excluding carboxylic acids is 2. The molecule has 10 nitrogen and oxygen atoms in total. The minimum absolute atomic E-state index is 0.230. The van der Waals surface area contributed by atoms with Gasteiger partial charge in [0.1, 0.15) is 6.04 Å². The van der Waals surface area contributed by atoms with Gasteiger partial charge in [0.25, 0.3) is 5.88 Å². The Balaban J connectivity index is 1.78. The number of ether oxygens (including phenoxy) is 1. The molecule has 11 heteroatoms. The number of nitrogens with two attached hydrogens (primary N) is 1. The molecule has 4 rings (SSSR count). The molecular weight excluding hydrogens is 441 g/mol. The lowest BCUT2D eigenvalue weighted by Gasteiger charge is -2.29. The zero-order valence-corrected chi connectivity index (χ0v) is 19.2. The monoisotopic (exact) mass is 469 g/mol. The maximum atomic E-state index is 14.9. The molecule has 4 heterocycles. The fourth-order valence-electron chi connectivity index (χ4n) is 4.08. The quantitative estimate of drug-likeness (QED) is 0.594. The van der Waals surface area contributed by atoms with Crippen LogP contribution in [0.3, 0.4) is 0 Å². The Morgan fingerprint density at radius 2 is 2.15 bits per heavy atom. The van der Waals surface area contributed by atoms with Crippen molar-refractivity contribution in [3.63, 3.8) is 0 Å². The van der Waals surface area contributed by atoms with Crippen LogP contribution in [0.15, 0.2) is 30.9 Å². The van der Waals surface area contributed by atoms with Crippen molar-refractivity contribution in [1.82, 2.24) is 29.6 Å². The van der Waals surface area contributed by atoms with Crippen molar-refractivity contribution in [2.75, 3.05) is 13.2 Å². The van der Waals surface area contributed by atoms with Gasteiger partial charge in [-0.2, -0.15) is 0 Å². The molecule has 180 valence electrons. The highest BCUT2D eigenvalue weighted by Crippen LogP contribution is 2.29. The highest BCUT2D eigenvalue weighted by Gasteiger charge is 2.26. The van der Waals surface area contributed by atoms with Gasteiger partial charge in [-0.3, -0.25) is 9.78 Å². The summed E-state index contributed by atoms with van der Waals surface area (Å²) in [7, 11) is 0. The first-order valence-electron chi connectivity index (χ1n) is 11.4. The van der Waals surface area contributed by atoms with Crippen molar-refractivity contribution in [3.8, 4) is 17.1 Å². The minimum Gasteiger partial charge on any atom is -0.475 e. The first-order valence-corrected chi connectivity index (χ1v) is 11.4. The van der Waals surface area contributed by atoms with Crippen LogP contribution in [0.5, 0.6) is 5.88 Å². The molecule has 0 aliphatic carbocycles. The van der Waals surface area contributed by atoms with Crippen LogP contribution in [0.1, 0.15) is 51.3 Å². The third-order valence-electron chi connectivity index (χ3n) is 6.01. The van der Waals surface area contributed by atoms with Gasteiger partial charge in [-0.1, -0.05) is 6.42 Å². The number of aromatic nitrogens is 4. The van der Waals surface area contributed by atoms with Crippen LogP contribution in [0.25, 0.3) is 16.9 Å². The summed E-state index contributed by atoms with van der Waals surface area (Å²) in [5.74, 6) is -0.830. The number of amides is 3. The van der Waals surface area contributed by atoms with Crippen molar-refractivity contribution in [3.05, 3.63) is 42.4 Å². The van der Waals surface area contributed by atoms with Crippen molar-refractivity contribution < 1.29 is 18.7 Å². The van der Waals surface area contributed by atoms with Crippen LogP contribution in [-0.2, 0) is 4.79 Å². The highest BCUT2D eigenvalue weighted by atomic mass is 19.1. The number of urea groups is 1. The zero-order chi connectivity index (χ0) is 24.2. The number of nitrogens with one attached hydrogen (secondary N) is 1. The van der Waals surface area contributed by atoms with E-state index >= 15 is 0 Å². The Hall–Kier alpha value is -3.76. The highest BCUT2D eigenvalue weighted by molar-refractivity contribution is 5.86. The van der Waals surface area contributed by atoms with Gasteiger partial charge in [0, 0.05) is 30.7 Å². The largest absolute Gasteiger partial charge is 0.475 e. The van der Waals surface area contributed by atoms with Gasteiger partial charge in [0.05, 0.1) is 30.2 Å². The zero-order valence-electron chi connectivity index (χ0n) is 19.2. The number of fused-ring (bicyclic) bond motifs is 7. The Bertz CT molecular complexity index is 1200. The number of imidazole rings is 1. The second-order valence-electron chi connectivity index (χ2n) is 8.24. The van der Waals surface area contributed by atoms with Gasteiger partial charge in [-0.25, -0.2) is 19.2 Å². The SMILES string of the molecule is CCN1C(=O)NC(C(N)=O)CCCCCOc2nc(cn3ccnc23)-c2cc(ncc2F)[C@H]1C. The van der Waals surface area contributed by atoms with Crippen molar-refractivity contribution in [2.45, 2.75) is 51.6 Å². The van der Waals surface area contributed by atoms with Crippen LogP contribution >= 0.6 is 0 Å². The summed E-state index contributed by atoms with van der Waals surface area (Å²) < 4.78 is 22.5. The number of carbonyl (C=O) groups is 2. The molecule has 0 radical (unpaired) electrons. The van der Waals surface area contributed by atoms with E-state index in [1.165, 1.54) is 4.90 Å². The lowest BCUT2D eigenvalue weighted by molar-refractivity contribution is -0.120. The number of nitrogens with zero attached hydrogens (tertiary/aromatic N) is 5. The molecule has 3 N–H and O–H groups in total. The molecule has 0 spiro atoms. The maximum Gasteiger partial charge on any atom is 0.318 e. The minimum atomic E-state index is -0.789. The van der Waals surface area contributed by atoms with Crippen molar-refractivity contribution >= 4 is 17.6 Å². The molecule has 34 heavy (non-hydrogen) atoms. The van der Waals surface area contributed by atoms with E-state index in [0.717, 1.165) is 12.6 Å². The Morgan fingerprint density at radius 3 is 2.91 bits per heavy atom. The van der Waals surface area contributed by atoms with E-state index < -0.39 is 29.8 Å². The second-order valence-corrected chi connectivity index (χ2v) is 8.24. The predicted octanol–water partition coefficient (Wildman–Crippen LogP) is 2.83. The number of halogens is 1. The lowest BCUT2D eigenvalue weighted by atomic mass is 10.1. The standard InChI is InChI=1S/C23H28FN7O3/c1-3-31-14(2)18-11-15(16(24)12-27-18)19-13-30-9-8-26-21(30)22(28-19)34-10-6-4-5-7-17(20(25)32)29-23(31)33/h8-9,11-14,17H,3-7,10H2,1-2H3,(H2,25,32)(H,29,33)/t14-,17?/m1/s1. The van der Waals surface area contributed by atoms with Gasteiger partial charge in [-0.05, 0) is 39.2 Å². The van der Waals surface area contributed by atoms with Crippen molar-refractivity contribution in [1.29, 1.82) is 0 Å². The van der Waals surface area contributed by atoms with Crippen LogP contribution < -0.4 is 15.8 Å². The molecule has 1 unspecified atom stereocenters. The summed E-state index contributed by atoms with van der Waals surface area (Å²) in [6, 6.07) is -0.141. The second kappa shape index (κ2) is 10.0. The molecule has 3 aromatic heterocycles. The van der Waals surface area contributed by atoms with E-state index in [1.807, 2.05) is 6.92 Å². The van der Waals surface area contributed by atoms with E-state index in [2.05, 4.69) is 20.3 Å². The van der Waals surface area contributed by atoms with Gasteiger partial charge >= 0.3 is 6.03 Å². The fourth-order valence-corrected chi connectivity index (χ4v) is 4.08. The first-order chi connectivity index (χ1) is 16.4.